The van der Waals surface area contributed by atoms with Crippen molar-refractivity contribution in [1.82, 2.24) is 0 Å². The molecule has 0 atom stereocenters. The molecule has 0 fully saturated rings. The van der Waals surface area contributed by atoms with E-state index in [1.165, 1.54) is 6.26 Å². The van der Waals surface area contributed by atoms with Gasteiger partial charge < -0.3 is 4.18 Å². The number of rotatable bonds is 7. The van der Waals surface area contributed by atoms with E-state index in [9.17, 15) is 8.42 Å². The molecule has 4 aromatic rings. The van der Waals surface area contributed by atoms with Gasteiger partial charge in [0.05, 0.1) is 0 Å². The van der Waals surface area contributed by atoms with E-state index in [2.05, 4.69) is 0 Å². The van der Waals surface area contributed by atoms with Crippen molar-refractivity contribution in [3.63, 3.8) is 0 Å². The highest BCUT2D eigenvalue weighted by atomic mass is 32.2. The average molecular weight is 439 g/mol. The van der Waals surface area contributed by atoms with E-state index in [1.54, 1.807) is 12.1 Å². The molecule has 0 saturated carbocycles. The second kappa shape index (κ2) is 9.94. The fourth-order valence-electron chi connectivity index (χ4n) is 3.26. The first kappa shape index (κ1) is 21.3. The molecule has 158 valence electrons. The maximum atomic E-state index is 13.1. The molecule has 0 N–H and O–H groups in total. The molecule has 4 aromatic carbocycles. The molecule has 0 aromatic heterocycles. The Morgan fingerprint density at radius 2 is 1.09 bits per heavy atom. The van der Waals surface area contributed by atoms with Crippen LogP contribution >= 0.6 is 0 Å². The summed E-state index contributed by atoms with van der Waals surface area (Å²) in [6.45, 7) is 0. The molecule has 0 aliphatic carbocycles. The third-order valence-corrected chi connectivity index (χ3v) is 6.11. The van der Waals surface area contributed by atoms with Crippen LogP contribution in [-0.2, 0) is 14.3 Å². The summed E-state index contributed by atoms with van der Waals surface area (Å²) < 4.78 is 31.6. The van der Waals surface area contributed by atoms with Gasteiger partial charge in [0, 0.05) is 5.56 Å². The Balaban J connectivity index is 1.69. The normalized spacial score (nSPS) is 11.8. The lowest BCUT2D eigenvalue weighted by atomic mass is 10.0. The summed E-state index contributed by atoms with van der Waals surface area (Å²) in [5, 5.41) is 0. The van der Waals surface area contributed by atoms with Crippen LogP contribution in [0.4, 0.5) is 0 Å². The van der Waals surface area contributed by atoms with E-state index in [0.29, 0.717) is 5.56 Å². The molecule has 0 heterocycles. The number of hydrogen-bond donors (Lipinski definition) is 0. The SMILES string of the molecule is O=S(=O)(O/C=C/c1ccccc1)c1cc(/C=C/c2ccccc2)ccc1-c1ccccc1. The lowest BCUT2D eigenvalue weighted by Gasteiger charge is -2.11. The highest BCUT2D eigenvalue weighted by Crippen LogP contribution is 2.30. The smallest absolute Gasteiger partial charge is 0.339 e. The minimum atomic E-state index is -4.04. The van der Waals surface area contributed by atoms with E-state index in [4.69, 9.17) is 4.18 Å². The Morgan fingerprint density at radius 1 is 0.562 bits per heavy atom. The monoisotopic (exact) mass is 438 g/mol. The zero-order chi connectivity index (χ0) is 22.2. The van der Waals surface area contributed by atoms with Crippen LogP contribution in [0.25, 0.3) is 29.4 Å². The van der Waals surface area contributed by atoms with Gasteiger partial charge in [-0.25, -0.2) is 0 Å². The zero-order valence-electron chi connectivity index (χ0n) is 17.3. The van der Waals surface area contributed by atoms with Crippen molar-refractivity contribution in [3.8, 4) is 11.1 Å². The Labute approximate surface area is 189 Å². The third-order valence-electron chi connectivity index (χ3n) is 4.87. The molecule has 4 heteroatoms. The highest BCUT2D eigenvalue weighted by molar-refractivity contribution is 7.87. The molecule has 0 aliphatic heterocycles. The Hall–Kier alpha value is -3.89. The van der Waals surface area contributed by atoms with Crippen LogP contribution in [0.5, 0.6) is 0 Å². The van der Waals surface area contributed by atoms with Gasteiger partial charge in [-0.1, -0.05) is 115 Å². The predicted octanol–water partition coefficient (Wildman–Crippen LogP) is 6.90. The molecule has 0 amide bonds. The van der Waals surface area contributed by atoms with Gasteiger partial charge in [0.2, 0.25) is 0 Å². The molecular formula is C28H22O3S. The fraction of sp³-hybridized carbons (Fsp3) is 0. The van der Waals surface area contributed by atoms with Crippen LogP contribution in [0.2, 0.25) is 0 Å². The van der Waals surface area contributed by atoms with Crippen molar-refractivity contribution >= 4 is 28.3 Å². The maximum Gasteiger partial charge on any atom is 0.339 e. The lowest BCUT2D eigenvalue weighted by Crippen LogP contribution is -2.05. The molecule has 0 unspecified atom stereocenters. The molecular weight excluding hydrogens is 416 g/mol. The van der Waals surface area contributed by atoms with Crippen molar-refractivity contribution in [3.05, 3.63) is 132 Å². The Bertz CT molecular complexity index is 1330. The van der Waals surface area contributed by atoms with Crippen LogP contribution in [0.1, 0.15) is 16.7 Å². The van der Waals surface area contributed by atoms with Crippen LogP contribution in [0.3, 0.4) is 0 Å². The van der Waals surface area contributed by atoms with Crippen molar-refractivity contribution in [2.75, 3.05) is 0 Å². The summed E-state index contributed by atoms with van der Waals surface area (Å²) in [5.41, 5.74) is 4.05. The lowest BCUT2D eigenvalue weighted by molar-refractivity contribution is 0.446. The zero-order valence-corrected chi connectivity index (χ0v) is 18.2. The summed E-state index contributed by atoms with van der Waals surface area (Å²) in [5.74, 6) is 0. The van der Waals surface area contributed by atoms with Gasteiger partial charge in [0.15, 0.2) is 0 Å². The van der Waals surface area contributed by atoms with Crippen LogP contribution < -0.4 is 0 Å². The van der Waals surface area contributed by atoms with Gasteiger partial charge in [-0.2, -0.15) is 8.42 Å². The molecule has 0 aliphatic rings. The van der Waals surface area contributed by atoms with Crippen LogP contribution in [0, 0.1) is 0 Å². The first-order valence-electron chi connectivity index (χ1n) is 10.2. The average Bonchev–Trinajstić information content (AvgIpc) is 2.84. The van der Waals surface area contributed by atoms with E-state index >= 15 is 0 Å². The van der Waals surface area contributed by atoms with Gasteiger partial charge in [-0.15, -0.1) is 0 Å². The third kappa shape index (κ3) is 5.42. The predicted molar refractivity (Wildman–Crippen MR) is 131 cm³/mol. The summed E-state index contributed by atoms with van der Waals surface area (Å²) in [6, 6.07) is 34.0. The van der Waals surface area contributed by atoms with E-state index in [1.807, 2.05) is 115 Å². The van der Waals surface area contributed by atoms with Crippen LogP contribution in [-0.4, -0.2) is 8.42 Å². The van der Waals surface area contributed by atoms with E-state index in [-0.39, 0.29) is 4.90 Å². The van der Waals surface area contributed by atoms with Crippen molar-refractivity contribution in [2.45, 2.75) is 4.90 Å². The second-order valence-corrected chi connectivity index (χ2v) is 8.67. The topological polar surface area (TPSA) is 43.4 Å². The van der Waals surface area contributed by atoms with Gasteiger partial charge in [0.1, 0.15) is 11.2 Å². The van der Waals surface area contributed by atoms with E-state index < -0.39 is 10.1 Å². The maximum absolute atomic E-state index is 13.1. The van der Waals surface area contributed by atoms with Crippen molar-refractivity contribution < 1.29 is 12.6 Å². The first-order valence-corrected chi connectivity index (χ1v) is 11.6. The first-order chi connectivity index (χ1) is 15.6. The largest absolute Gasteiger partial charge is 0.387 e. The number of benzene rings is 4. The fourth-order valence-corrected chi connectivity index (χ4v) is 4.30. The van der Waals surface area contributed by atoms with Crippen LogP contribution in [0.15, 0.2) is 120 Å². The summed E-state index contributed by atoms with van der Waals surface area (Å²) in [7, 11) is -4.04. The summed E-state index contributed by atoms with van der Waals surface area (Å²) in [6.07, 6.45) is 6.68. The molecule has 4 rings (SSSR count). The molecule has 3 nitrogen and oxygen atoms in total. The minimum absolute atomic E-state index is 0.122. The quantitative estimate of drug-likeness (QED) is 0.179. The standard InChI is InChI=1S/C28H22O3S/c29-32(30,31-21-20-24-12-6-2-7-13-24)28-22-25(17-16-23-10-4-1-5-11-23)18-19-27(28)26-14-8-3-9-15-26/h1-22H/b17-16+,21-20+. The van der Waals surface area contributed by atoms with Gasteiger partial charge in [-0.3, -0.25) is 0 Å². The van der Waals surface area contributed by atoms with Crippen molar-refractivity contribution in [1.29, 1.82) is 0 Å². The molecule has 32 heavy (non-hydrogen) atoms. The van der Waals surface area contributed by atoms with E-state index in [0.717, 1.165) is 22.3 Å². The second-order valence-electron chi connectivity index (χ2n) is 7.13. The van der Waals surface area contributed by atoms with Crippen molar-refractivity contribution in [2.24, 2.45) is 0 Å². The van der Waals surface area contributed by atoms with Gasteiger partial charge in [0.25, 0.3) is 0 Å². The van der Waals surface area contributed by atoms with Gasteiger partial charge >= 0.3 is 10.1 Å². The minimum Gasteiger partial charge on any atom is -0.387 e. The molecule has 0 bridgehead atoms. The Kier molecular flexibility index (Phi) is 6.63. The van der Waals surface area contributed by atoms with Gasteiger partial charge in [-0.05, 0) is 34.4 Å². The number of hydrogen-bond acceptors (Lipinski definition) is 3. The highest BCUT2D eigenvalue weighted by Gasteiger charge is 2.20. The summed E-state index contributed by atoms with van der Waals surface area (Å²) in [4.78, 5) is 0.122. The molecule has 0 saturated heterocycles. The Morgan fingerprint density at radius 3 is 1.72 bits per heavy atom. The summed E-state index contributed by atoms with van der Waals surface area (Å²) >= 11 is 0. The molecule has 0 spiro atoms. The molecule has 0 radical (unpaired) electrons.